The van der Waals surface area contributed by atoms with Gasteiger partial charge in [0.2, 0.25) is 0 Å². The summed E-state index contributed by atoms with van der Waals surface area (Å²) in [6.07, 6.45) is 0. The van der Waals surface area contributed by atoms with Gasteiger partial charge in [-0.25, -0.2) is 4.79 Å². The summed E-state index contributed by atoms with van der Waals surface area (Å²) in [4.78, 5) is 27.2. The van der Waals surface area contributed by atoms with E-state index in [2.05, 4.69) is 4.98 Å². The van der Waals surface area contributed by atoms with Gasteiger partial charge in [0.05, 0.1) is 10.4 Å². The second-order valence-electron chi connectivity index (χ2n) is 3.86. The molecule has 0 saturated carbocycles. The molecule has 1 unspecified atom stereocenters. The first kappa shape index (κ1) is 13.4. The minimum atomic E-state index is -0.521. The first-order valence-electron chi connectivity index (χ1n) is 5.18. The summed E-state index contributed by atoms with van der Waals surface area (Å²) >= 11 is 12.9. The first-order valence-corrected chi connectivity index (χ1v) is 6.75. The molecule has 18 heavy (non-hydrogen) atoms. The van der Waals surface area contributed by atoms with Crippen LogP contribution < -0.4 is 11.2 Å². The summed E-state index contributed by atoms with van der Waals surface area (Å²) in [6.45, 7) is 3.34. The van der Waals surface area contributed by atoms with Gasteiger partial charge in [0.15, 0.2) is 0 Å². The van der Waals surface area contributed by atoms with Crippen molar-refractivity contribution in [2.24, 2.45) is 0 Å². The number of hydrogen-bond donors (Lipinski definition) is 1. The van der Waals surface area contributed by atoms with Crippen molar-refractivity contribution in [1.82, 2.24) is 9.55 Å². The maximum atomic E-state index is 12.1. The van der Waals surface area contributed by atoms with Gasteiger partial charge in [-0.1, -0.05) is 23.2 Å². The Hall–Kier alpha value is -1.04. The zero-order valence-electron chi connectivity index (χ0n) is 9.66. The Labute approximate surface area is 117 Å². The van der Waals surface area contributed by atoms with Gasteiger partial charge in [0.1, 0.15) is 5.15 Å². The molecule has 96 valence electrons. The van der Waals surface area contributed by atoms with Crippen LogP contribution in [-0.2, 0) is 0 Å². The molecule has 0 bridgehead atoms. The third-order valence-electron chi connectivity index (χ3n) is 2.70. The molecule has 0 aliphatic carbocycles. The SMILES string of the molecule is Cc1c(Cl)[nH]c(=O)n(C(C)c2ccc(Cl)s2)c1=O. The van der Waals surface area contributed by atoms with Crippen LogP contribution in [0.1, 0.15) is 23.4 Å². The van der Waals surface area contributed by atoms with Crippen LogP contribution in [0.4, 0.5) is 0 Å². The van der Waals surface area contributed by atoms with Crippen LogP contribution in [-0.4, -0.2) is 9.55 Å². The number of nitrogens with one attached hydrogen (secondary N) is 1. The van der Waals surface area contributed by atoms with Crippen LogP contribution in [0.15, 0.2) is 21.7 Å². The molecule has 2 rings (SSSR count). The summed E-state index contributed by atoms with van der Waals surface area (Å²) in [7, 11) is 0. The molecule has 2 heterocycles. The summed E-state index contributed by atoms with van der Waals surface area (Å²) in [6, 6.07) is 3.16. The molecule has 0 radical (unpaired) electrons. The van der Waals surface area contributed by atoms with Gasteiger partial charge in [-0.3, -0.25) is 14.3 Å². The van der Waals surface area contributed by atoms with Crippen molar-refractivity contribution in [2.45, 2.75) is 19.9 Å². The molecule has 0 aliphatic heterocycles. The number of halogens is 2. The Bertz CT molecular complexity index is 702. The topological polar surface area (TPSA) is 54.9 Å². The molecule has 1 atom stereocenters. The lowest BCUT2D eigenvalue weighted by Gasteiger charge is -2.13. The molecule has 0 fully saturated rings. The predicted molar refractivity (Wildman–Crippen MR) is 74.2 cm³/mol. The second kappa shape index (κ2) is 4.91. The molecule has 1 N–H and O–H groups in total. The number of rotatable bonds is 2. The van der Waals surface area contributed by atoms with Gasteiger partial charge >= 0.3 is 5.69 Å². The van der Waals surface area contributed by atoms with Crippen LogP contribution in [0.25, 0.3) is 0 Å². The minimum Gasteiger partial charge on any atom is -0.297 e. The van der Waals surface area contributed by atoms with E-state index in [1.165, 1.54) is 11.3 Å². The fourth-order valence-electron chi connectivity index (χ4n) is 1.65. The van der Waals surface area contributed by atoms with Crippen LogP contribution in [0, 0.1) is 6.92 Å². The minimum absolute atomic E-state index is 0.0812. The number of hydrogen-bond acceptors (Lipinski definition) is 3. The van der Waals surface area contributed by atoms with Gasteiger partial charge in [-0.05, 0) is 26.0 Å². The van der Waals surface area contributed by atoms with Crippen molar-refractivity contribution in [3.63, 3.8) is 0 Å². The number of aromatic amines is 1. The molecule has 2 aromatic heterocycles. The average Bonchev–Trinajstić information content (AvgIpc) is 2.73. The Morgan fingerprint density at radius 3 is 2.56 bits per heavy atom. The Morgan fingerprint density at radius 2 is 2.00 bits per heavy atom. The highest BCUT2D eigenvalue weighted by Crippen LogP contribution is 2.27. The standard InChI is InChI=1S/C11H10Cl2N2O2S/c1-5-9(13)14-11(17)15(10(5)16)6(2)7-3-4-8(12)18-7/h3-4,6H,1-2H3,(H,14,17). The molecule has 2 aromatic rings. The zero-order valence-corrected chi connectivity index (χ0v) is 12.0. The van der Waals surface area contributed by atoms with Crippen molar-refractivity contribution >= 4 is 34.5 Å². The Balaban J connectivity index is 2.62. The molecular formula is C11H10Cl2N2O2S. The normalized spacial score (nSPS) is 12.7. The first-order chi connectivity index (χ1) is 8.41. The van der Waals surface area contributed by atoms with Crippen LogP contribution >= 0.6 is 34.5 Å². The lowest BCUT2D eigenvalue weighted by molar-refractivity contribution is 0.582. The number of thiophene rings is 1. The molecule has 4 nitrogen and oxygen atoms in total. The van der Waals surface area contributed by atoms with Gasteiger partial charge in [-0.2, -0.15) is 0 Å². The highest BCUT2D eigenvalue weighted by atomic mass is 35.5. The van der Waals surface area contributed by atoms with E-state index in [9.17, 15) is 9.59 Å². The van der Waals surface area contributed by atoms with Crippen LogP contribution in [0.5, 0.6) is 0 Å². The van der Waals surface area contributed by atoms with E-state index in [0.29, 0.717) is 9.90 Å². The third kappa shape index (κ3) is 2.25. The number of nitrogens with zero attached hydrogens (tertiary/aromatic N) is 1. The fourth-order valence-corrected chi connectivity index (χ4v) is 2.91. The van der Waals surface area contributed by atoms with Crippen molar-refractivity contribution in [3.8, 4) is 0 Å². The van der Waals surface area contributed by atoms with E-state index in [-0.39, 0.29) is 16.8 Å². The molecule has 7 heteroatoms. The predicted octanol–water partition coefficient (Wildman–Crippen LogP) is 2.82. The quantitative estimate of drug-likeness (QED) is 0.867. The van der Waals surface area contributed by atoms with E-state index in [1.807, 2.05) is 0 Å². The largest absolute Gasteiger partial charge is 0.330 e. The summed E-state index contributed by atoms with van der Waals surface area (Å²) < 4.78 is 1.76. The van der Waals surface area contributed by atoms with Crippen molar-refractivity contribution in [2.75, 3.05) is 0 Å². The van der Waals surface area contributed by atoms with Gasteiger partial charge in [0, 0.05) is 10.4 Å². The second-order valence-corrected chi connectivity index (χ2v) is 5.99. The van der Waals surface area contributed by atoms with E-state index in [4.69, 9.17) is 23.2 Å². The highest BCUT2D eigenvalue weighted by molar-refractivity contribution is 7.16. The zero-order chi connectivity index (χ0) is 13.4. The van der Waals surface area contributed by atoms with E-state index >= 15 is 0 Å². The summed E-state index contributed by atoms with van der Waals surface area (Å²) in [5, 5.41) is 0.0812. The maximum Gasteiger partial charge on any atom is 0.330 e. The third-order valence-corrected chi connectivity index (χ3v) is 4.48. The van der Waals surface area contributed by atoms with E-state index in [0.717, 1.165) is 9.44 Å². The Morgan fingerprint density at radius 1 is 1.33 bits per heavy atom. The number of aromatic nitrogens is 2. The van der Waals surface area contributed by atoms with Gasteiger partial charge in [-0.15, -0.1) is 11.3 Å². The van der Waals surface area contributed by atoms with E-state index < -0.39 is 5.69 Å². The molecular weight excluding hydrogens is 295 g/mol. The monoisotopic (exact) mass is 304 g/mol. The molecule has 0 spiro atoms. The Kier molecular flexibility index (Phi) is 3.66. The lowest BCUT2D eigenvalue weighted by Crippen LogP contribution is -2.38. The smallest absolute Gasteiger partial charge is 0.297 e. The van der Waals surface area contributed by atoms with E-state index in [1.54, 1.807) is 26.0 Å². The van der Waals surface area contributed by atoms with Crippen LogP contribution in [0.3, 0.4) is 0 Å². The van der Waals surface area contributed by atoms with Gasteiger partial charge < -0.3 is 0 Å². The average molecular weight is 305 g/mol. The maximum absolute atomic E-state index is 12.1. The van der Waals surface area contributed by atoms with Gasteiger partial charge in [0.25, 0.3) is 5.56 Å². The van der Waals surface area contributed by atoms with Crippen molar-refractivity contribution in [3.05, 3.63) is 52.9 Å². The summed E-state index contributed by atoms with van der Waals surface area (Å²) in [5.74, 6) is 0. The van der Waals surface area contributed by atoms with Crippen molar-refractivity contribution < 1.29 is 0 Å². The fraction of sp³-hybridized carbons (Fsp3) is 0.273. The number of H-pyrrole nitrogens is 1. The lowest BCUT2D eigenvalue weighted by atomic mass is 10.2. The molecule has 0 aromatic carbocycles. The molecule has 0 amide bonds. The summed E-state index contributed by atoms with van der Waals surface area (Å²) in [5.41, 5.74) is -0.584. The molecule has 0 saturated heterocycles. The van der Waals surface area contributed by atoms with Crippen LogP contribution in [0.2, 0.25) is 9.49 Å². The molecule has 0 aliphatic rings. The van der Waals surface area contributed by atoms with Crippen molar-refractivity contribution in [1.29, 1.82) is 0 Å². The highest BCUT2D eigenvalue weighted by Gasteiger charge is 2.17.